The van der Waals surface area contributed by atoms with E-state index in [0.29, 0.717) is 16.2 Å². The molecule has 1 saturated carbocycles. The van der Waals surface area contributed by atoms with Crippen LogP contribution in [-0.2, 0) is 9.59 Å². The number of amides is 2. The zero-order chi connectivity index (χ0) is 14.1. The molecule has 5 heteroatoms. The molecule has 1 aromatic carbocycles. The zero-order valence-corrected chi connectivity index (χ0v) is 12.7. The fraction of sp³-hybridized carbons (Fsp3) is 0.467. The lowest BCUT2D eigenvalue weighted by molar-refractivity contribution is -0.123. The van der Waals surface area contributed by atoms with Crippen molar-refractivity contribution in [3.8, 4) is 0 Å². The highest BCUT2D eigenvalue weighted by molar-refractivity contribution is 9.09. The van der Waals surface area contributed by atoms with Crippen LogP contribution < -0.4 is 10.6 Å². The first-order valence-corrected chi connectivity index (χ1v) is 7.91. The summed E-state index contributed by atoms with van der Waals surface area (Å²) in [5, 5.41) is 5.53. The van der Waals surface area contributed by atoms with Gasteiger partial charge in [0, 0.05) is 4.83 Å². The van der Waals surface area contributed by atoms with Crippen LogP contribution in [0.4, 0.5) is 11.4 Å². The summed E-state index contributed by atoms with van der Waals surface area (Å²) in [5.74, 6) is 0.287. The number of anilines is 2. The van der Waals surface area contributed by atoms with Crippen LogP contribution in [0.5, 0.6) is 0 Å². The van der Waals surface area contributed by atoms with E-state index in [1.807, 2.05) is 18.2 Å². The van der Waals surface area contributed by atoms with Crippen LogP contribution in [0.1, 0.15) is 42.5 Å². The van der Waals surface area contributed by atoms with Crippen molar-refractivity contribution in [1.82, 2.24) is 0 Å². The fourth-order valence-electron chi connectivity index (χ4n) is 2.66. The van der Waals surface area contributed by atoms with Gasteiger partial charge in [0.1, 0.15) is 6.42 Å². The predicted octanol–water partition coefficient (Wildman–Crippen LogP) is 3.59. The van der Waals surface area contributed by atoms with Crippen molar-refractivity contribution in [2.24, 2.45) is 5.92 Å². The first-order chi connectivity index (χ1) is 9.61. The van der Waals surface area contributed by atoms with Crippen molar-refractivity contribution < 1.29 is 9.59 Å². The molecule has 3 rings (SSSR count). The van der Waals surface area contributed by atoms with Gasteiger partial charge in [-0.05, 0) is 30.0 Å². The van der Waals surface area contributed by atoms with Crippen molar-refractivity contribution in [2.45, 2.75) is 36.9 Å². The topological polar surface area (TPSA) is 58.2 Å². The van der Waals surface area contributed by atoms with Crippen molar-refractivity contribution in [2.75, 3.05) is 10.6 Å². The summed E-state index contributed by atoms with van der Waals surface area (Å²) in [4.78, 5) is 23.4. The summed E-state index contributed by atoms with van der Waals surface area (Å²) in [7, 11) is 0. The van der Waals surface area contributed by atoms with Crippen LogP contribution in [0.25, 0.3) is 0 Å². The van der Waals surface area contributed by atoms with Crippen LogP contribution in [0, 0.1) is 5.92 Å². The molecular formula is C15H17BrN2O2. The highest BCUT2D eigenvalue weighted by Gasteiger charge is 2.23. The summed E-state index contributed by atoms with van der Waals surface area (Å²) in [5.41, 5.74) is 2.51. The average molecular weight is 337 g/mol. The molecule has 0 spiro atoms. The minimum absolute atomic E-state index is 0.121. The molecule has 20 heavy (non-hydrogen) atoms. The Hall–Kier alpha value is -1.36. The maximum atomic E-state index is 11.6. The Morgan fingerprint density at radius 3 is 2.50 bits per heavy atom. The van der Waals surface area contributed by atoms with E-state index >= 15 is 0 Å². The van der Waals surface area contributed by atoms with Gasteiger partial charge in [0.2, 0.25) is 11.8 Å². The highest BCUT2D eigenvalue weighted by Crippen LogP contribution is 2.40. The number of fused-ring (bicyclic) bond motifs is 1. The Morgan fingerprint density at radius 1 is 1.15 bits per heavy atom. The molecule has 0 bridgehead atoms. The number of carbonyl (C=O) groups excluding carboxylic acids is 2. The molecule has 0 radical (unpaired) electrons. The summed E-state index contributed by atoms with van der Waals surface area (Å²) in [6.07, 6.45) is 4.99. The number of halogens is 1. The normalized spacial score (nSPS) is 20.2. The number of alkyl halides is 1. The van der Waals surface area contributed by atoms with Crippen LogP contribution in [0.15, 0.2) is 18.2 Å². The van der Waals surface area contributed by atoms with E-state index in [2.05, 4.69) is 26.6 Å². The fourth-order valence-corrected chi connectivity index (χ4v) is 3.47. The SMILES string of the molecule is O=C1CC(=O)Nc2cc(C(Br)CC3CCC3)ccc2N1. The van der Waals surface area contributed by atoms with Crippen LogP contribution in [-0.4, -0.2) is 11.8 Å². The van der Waals surface area contributed by atoms with E-state index in [1.54, 1.807) is 0 Å². The quantitative estimate of drug-likeness (QED) is 0.654. The molecule has 1 unspecified atom stereocenters. The molecule has 1 aliphatic heterocycles. The van der Waals surface area contributed by atoms with Gasteiger partial charge in [0.05, 0.1) is 11.4 Å². The third kappa shape index (κ3) is 2.87. The van der Waals surface area contributed by atoms with Crippen molar-refractivity contribution in [1.29, 1.82) is 0 Å². The first kappa shape index (κ1) is 13.6. The molecule has 1 fully saturated rings. The maximum Gasteiger partial charge on any atom is 0.233 e. The molecule has 106 valence electrons. The smallest absolute Gasteiger partial charge is 0.233 e. The van der Waals surface area contributed by atoms with Gasteiger partial charge >= 0.3 is 0 Å². The van der Waals surface area contributed by atoms with Gasteiger partial charge in [-0.25, -0.2) is 0 Å². The molecule has 1 heterocycles. The monoisotopic (exact) mass is 336 g/mol. The number of hydrogen-bond donors (Lipinski definition) is 2. The highest BCUT2D eigenvalue weighted by atomic mass is 79.9. The summed E-state index contributed by atoms with van der Waals surface area (Å²) < 4.78 is 0. The lowest BCUT2D eigenvalue weighted by Gasteiger charge is -2.27. The minimum Gasteiger partial charge on any atom is -0.324 e. The van der Waals surface area contributed by atoms with E-state index in [4.69, 9.17) is 0 Å². The van der Waals surface area contributed by atoms with Gasteiger partial charge in [-0.2, -0.15) is 0 Å². The number of benzene rings is 1. The second-order valence-corrected chi connectivity index (χ2v) is 6.68. The molecule has 2 aliphatic rings. The van der Waals surface area contributed by atoms with E-state index in [-0.39, 0.29) is 18.2 Å². The van der Waals surface area contributed by atoms with Gasteiger partial charge in [0.15, 0.2) is 0 Å². The summed E-state index contributed by atoms with van der Waals surface area (Å²) >= 11 is 3.74. The zero-order valence-electron chi connectivity index (χ0n) is 11.1. The second kappa shape index (κ2) is 5.56. The van der Waals surface area contributed by atoms with E-state index < -0.39 is 0 Å². The average Bonchev–Trinajstić information content (AvgIpc) is 2.49. The third-order valence-electron chi connectivity index (χ3n) is 4.04. The molecule has 1 atom stereocenters. The van der Waals surface area contributed by atoms with Crippen LogP contribution >= 0.6 is 15.9 Å². The summed E-state index contributed by atoms with van der Waals surface area (Å²) in [6.45, 7) is 0. The first-order valence-electron chi connectivity index (χ1n) is 6.99. The van der Waals surface area contributed by atoms with Crippen LogP contribution in [0.2, 0.25) is 0 Å². The molecule has 0 saturated heterocycles. The molecule has 2 N–H and O–H groups in total. The maximum absolute atomic E-state index is 11.6. The van der Waals surface area contributed by atoms with Crippen molar-refractivity contribution in [3.63, 3.8) is 0 Å². The Kier molecular flexibility index (Phi) is 3.78. The Morgan fingerprint density at radius 2 is 1.85 bits per heavy atom. The molecule has 4 nitrogen and oxygen atoms in total. The third-order valence-corrected chi connectivity index (χ3v) is 4.94. The second-order valence-electron chi connectivity index (χ2n) is 5.58. The lowest BCUT2D eigenvalue weighted by atomic mass is 9.81. The molecule has 2 amide bonds. The van der Waals surface area contributed by atoms with Gasteiger partial charge in [-0.1, -0.05) is 41.3 Å². The largest absolute Gasteiger partial charge is 0.324 e. The number of nitrogens with one attached hydrogen (secondary N) is 2. The molecular weight excluding hydrogens is 320 g/mol. The Balaban J connectivity index is 1.80. The Bertz CT molecular complexity index is 555. The predicted molar refractivity (Wildman–Crippen MR) is 81.9 cm³/mol. The van der Waals surface area contributed by atoms with Gasteiger partial charge in [-0.3, -0.25) is 9.59 Å². The van der Waals surface area contributed by atoms with Gasteiger partial charge < -0.3 is 10.6 Å². The van der Waals surface area contributed by atoms with Crippen molar-refractivity contribution in [3.05, 3.63) is 23.8 Å². The van der Waals surface area contributed by atoms with Crippen molar-refractivity contribution >= 4 is 39.1 Å². The van der Waals surface area contributed by atoms with Gasteiger partial charge in [-0.15, -0.1) is 0 Å². The Labute approximate surface area is 126 Å². The van der Waals surface area contributed by atoms with Gasteiger partial charge in [0.25, 0.3) is 0 Å². The van der Waals surface area contributed by atoms with E-state index in [1.165, 1.54) is 19.3 Å². The van der Waals surface area contributed by atoms with E-state index in [0.717, 1.165) is 17.9 Å². The van der Waals surface area contributed by atoms with E-state index in [9.17, 15) is 9.59 Å². The summed E-state index contributed by atoms with van der Waals surface area (Å²) in [6, 6.07) is 5.83. The standard InChI is InChI=1S/C15H17BrN2O2/c16-11(6-9-2-1-3-9)10-4-5-12-13(7-10)18-15(20)8-14(19)17-12/h4-5,7,9,11H,1-3,6,8H2,(H,17,19)(H,18,20). The molecule has 1 aliphatic carbocycles. The molecule has 0 aromatic heterocycles. The number of hydrogen-bond acceptors (Lipinski definition) is 2. The number of rotatable bonds is 3. The molecule has 1 aromatic rings. The minimum atomic E-state index is -0.265. The lowest BCUT2D eigenvalue weighted by Crippen LogP contribution is -2.16. The van der Waals surface area contributed by atoms with Crippen LogP contribution in [0.3, 0.4) is 0 Å². The number of carbonyl (C=O) groups is 2.